The van der Waals surface area contributed by atoms with Gasteiger partial charge in [-0.15, -0.1) is 23.7 Å². The van der Waals surface area contributed by atoms with E-state index in [0.717, 1.165) is 34.8 Å². The average molecular weight is 328 g/mol. The number of nitrogens with zero attached hydrogens (tertiary/aromatic N) is 2. The first-order valence-electron chi connectivity index (χ1n) is 6.86. The number of hydrogen-bond acceptors (Lipinski definition) is 5. The Kier molecular flexibility index (Phi) is 5.00. The minimum atomic E-state index is -0.802. The highest BCUT2D eigenvalue weighted by molar-refractivity contribution is 7.19. The Bertz CT molecular complexity index is 659. The molecule has 0 amide bonds. The van der Waals surface area contributed by atoms with Crippen molar-refractivity contribution in [1.29, 1.82) is 0 Å². The van der Waals surface area contributed by atoms with Crippen LogP contribution in [-0.4, -0.2) is 27.6 Å². The van der Waals surface area contributed by atoms with Crippen molar-refractivity contribution in [3.05, 3.63) is 16.8 Å². The summed E-state index contributed by atoms with van der Waals surface area (Å²) in [5.41, 5.74) is 1.36. The van der Waals surface area contributed by atoms with Gasteiger partial charge in [0.2, 0.25) is 0 Å². The van der Waals surface area contributed by atoms with Gasteiger partial charge in [0.05, 0.1) is 11.8 Å². The molecule has 21 heavy (non-hydrogen) atoms. The fourth-order valence-corrected chi connectivity index (χ4v) is 4.05. The van der Waals surface area contributed by atoms with Gasteiger partial charge < -0.3 is 10.4 Å². The predicted octanol–water partition coefficient (Wildman–Crippen LogP) is 3.12. The van der Waals surface area contributed by atoms with Gasteiger partial charge in [-0.3, -0.25) is 4.79 Å². The van der Waals surface area contributed by atoms with Gasteiger partial charge in [0, 0.05) is 11.4 Å². The van der Waals surface area contributed by atoms with E-state index in [4.69, 9.17) is 5.11 Å². The Balaban J connectivity index is 0.00000161. The molecule has 0 bridgehead atoms. The Morgan fingerprint density at radius 1 is 1.52 bits per heavy atom. The van der Waals surface area contributed by atoms with Crippen molar-refractivity contribution >= 4 is 45.7 Å². The summed E-state index contributed by atoms with van der Waals surface area (Å²) in [6.07, 6.45) is 5.02. The summed E-state index contributed by atoms with van der Waals surface area (Å²) in [7, 11) is 0. The van der Waals surface area contributed by atoms with E-state index >= 15 is 0 Å². The smallest absolute Gasteiger partial charge is 0.305 e. The van der Waals surface area contributed by atoms with Crippen LogP contribution in [0.2, 0.25) is 0 Å². The third-order valence-corrected chi connectivity index (χ3v) is 4.89. The van der Waals surface area contributed by atoms with Crippen LogP contribution in [0.4, 0.5) is 5.82 Å². The van der Waals surface area contributed by atoms with Crippen LogP contribution in [0.3, 0.4) is 0 Å². The Morgan fingerprint density at radius 2 is 2.33 bits per heavy atom. The molecule has 2 N–H and O–H groups in total. The van der Waals surface area contributed by atoms with Crippen LogP contribution < -0.4 is 5.32 Å². The fourth-order valence-electron chi connectivity index (χ4n) is 2.70. The van der Waals surface area contributed by atoms with E-state index < -0.39 is 5.97 Å². The van der Waals surface area contributed by atoms with E-state index in [0.29, 0.717) is 6.54 Å². The second-order valence-corrected chi connectivity index (χ2v) is 6.41. The normalized spacial score (nSPS) is 17.1. The lowest BCUT2D eigenvalue weighted by molar-refractivity contribution is -0.136. The number of anilines is 1. The van der Waals surface area contributed by atoms with Gasteiger partial charge in [-0.1, -0.05) is 6.92 Å². The standard InChI is InChI=1S/C14H17N3O2S.ClH/c1-8-2-3-9-10(6-8)20-14-12(9)13(16-7-17-14)15-5-4-11(18)19;/h7-8H,2-6H2,1H3,(H,18,19)(H,15,16,17);1H. The molecule has 0 radical (unpaired) electrons. The minimum absolute atomic E-state index is 0. The van der Waals surface area contributed by atoms with Crippen molar-refractivity contribution in [2.24, 2.45) is 5.92 Å². The molecule has 114 valence electrons. The van der Waals surface area contributed by atoms with Crippen LogP contribution in [0.1, 0.15) is 30.2 Å². The summed E-state index contributed by atoms with van der Waals surface area (Å²) in [5, 5.41) is 13.0. The van der Waals surface area contributed by atoms with E-state index in [1.807, 2.05) is 0 Å². The van der Waals surface area contributed by atoms with Crippen LogP contribution in [0.15, 0.2) is 6.33 Å². The SMILES string of the molecule is CC1CCc2c(sc3ncnc(NCCC(=O)O)c23)C1.Cl. The summed E-state index contributed by atoms with van der Waals surface area (Å²) in [6.45, 7) is 2.67. The van der Waals surface area contributed by atoms with E-state index in [9.17, 15) is 4.79 Å². The van der Waals surface area contributed by atoms with Crippen LogP contribution in [-0.2, 0) is 17.6 Å². The minimum Gasteiger partial charge on any atom is -0.481 e. The Labute approximate surface area is 133 Å². The first-order chi connectivity index (χ1) is 9.65. The highest BCUT2D eigenvalue weighted by atomic mass is 35.5. The maximum atomic E-state index is 10.6. The number of rotatable bonds is 4. The number of nitrogens with one attached hydrogen (secondary N) is 1. The van der Waals surface area contributed by atoms with Gasteiger partial charge >= 0.3 is 5.97 Å². The summed E-state index contributed by atoms with van der Waals surface area (Å²) >= 11 is 1.75. The first-order valence-corrected chi connectivity index (χ1v) is 7.67. The molecule has 1 aliphatic carbocycles. The lowest BCUT2D eigenvalue weighted by Gasteiger charge is -2.18. The number of hydrogen-bond donors (Lipinski definition) is 2. The molecule has 1 unspecified atom stereocenters. The molecular formula is C14H18ClN3O2S. The summed E-state index contributed by atoms with van der Waals surface area (Å²) in [6, 6.07) is 0. The van der Waals surface area contributed by atoms with Gasteiger partial charge in [-0.2, -0.15) is 0 Å². The van der Waals surface area contributed by atoms with Gasteiger partial charge in [0.25, 0.3) is 0 Å². The van der Waals surface area contributed by atoms with Gasteiger partial charge in [0.15, 0.2) is 0 Å². The zero-order chi connectivity index (χ0) is 14.1. The van der Waals surface area contributed by atoms with E-state index in [-0.39, 0.29) is 18.8 Å². The number of aryl methyl sites for hydroxylation is 1. The number of halogens is 1. The molecule has 3 rings (SSSR count). The van der Waals surface area contributed by atoms with Crippen molar-refractivity contribution in [2.45, 2.75) is 32.6 Å². The maximum absolute atomic E-state index is 10.6. The van der Waals surface area contributed by atoms with Crippen molar-refractivity contribution in [2.75, 3.05) is 11.9 Å². The third-order valence-electron chi connectivity index (χ3n) is 3.72. The van der Waals surface area contributed by atoms with Gasteiger partial charge in [-0.25, -0.2) is 9.97 Å². The third kappa shape index (κ3) is 3.27. The van der Waals surface area contributed by atoms with Crippen LogP contribution in [0.5, 0.6) is 0 Å². The Morgan fingerprint density at radius 3 is 3.10 bits per heavy atom. The molecule has 2 aromatic heterocycles. The molecule has 0 fully saturated rings. The molecule has 7 heteroatoms. The maximum Gasteiger partial charge on any atom is 0.305 e. The quantitative estimate of drug-likeness (QED) is 0.902. The molecule has 2 aromatic rings. The monoisotopic (exact) mass is 327 g/mol. The van der Waals surface area contributed by atoms with Crippen LogP contribution in [0.25, 0.3) is 10.2 Å². The zero-order valence-corrected chi connectivity index (χ0v) is 13.4. The highest BCUT2D eigenvalue weighted by Crippen LogP contribution is 2.39. The molecule has 0 aliphatic heterocycles. The van der Waals surface area contributed by atoms with Crippen molar-refractivity contribution in [1.82, 2.24) is 9.97 Å². The number of fused-ring (bicyclic) bond motifs is 3. The molecule has 0 spiro atoms. The molecular weight excluding hydrogens is 310 g/mol. The molecule has 1 atom stereocenters. The van der Waals surface area contributed by atoms with E-state index in [1.165, 1.54) is 16.9 Å². The number of carboxylic acid groups (broad SMARTS) is 1. The lowest BCUT2D eigenvalue weighted by atomic mass is 9.89. The highest BCUT2D eigenvalue weighted by Gasteiger charge is 2.22. The molecule has 1 aliphatic rings. The van der Waals surface area contributed by atoms with Gasteiger partial charge in [0.1, 0.15) is 17.0 Å². The number of carbonyl (C=O) groups is 1. The summed E-state index contributed by atoms with van der Waals surface area (Å²) < 4.78 is 0. The van der Waals surface area contributed by atoms with Crippen molar-refractivity contribution < 1.29 is 9.90 Å². The van der Waals surface area contributed by atoms with Crippen molar-refractivity contribution in [3.8, 4) is 0 Å². The first kappa shape index (κ1) is 16.0. The largest absolute Gasteiger partial charge is 0.481 e. The number of thiophene rings is 1. The molecule has 0 saturated carbocycles. The molecule has 5 nitrogen and oxygen atoms in total. The lowest BCUT2D eigenvalue weighted by Crippen LogP contribution is -2.11. The topological polar surface area (TPSA) is 75.1 Å². The number of carboxylic acids is 1. The van der Waals surface area contributed by atoms with Crippen LogP contribution >= 0.6 is 23.7 Å². The number of aromatic nitrogens is 2. The van der Waals surface area contributed by atoms with Crippen molar-refractivity contribution in [3.63, 3.8) is 0 Å². The fraction of sp³-hybridized carbons (Fsp3) is 0.500. The second-order valence-electron chi connectivity index (χ2n) is 5.32. The summed E-state index contributed by atoms with van der Waals surface area (Å²) in [5.74, 6) is 0.708. The van der Waals surface area contributed by atoms with E-state index in [2.05, 4.69) is 22.2 Å². The summed E-state index contributed by atoms with van der Waals surface area (Å²) in [4.78, 5) is 21.7. The molecule has 2 heterocycles. The second kappa shape index (κ2) is 6.58. The number of aliphatic carboxylic acids is 1. The predicted molar refractivity (Wildman–Crippen MR) is 86.6 cm³/mol. The van der Waals surface area contributed by atoms with Crippen LogP contribution in [0, 0.1) is 5.92 Å². The van der Waals surface area contributed by atoms with Gasteiger partial charge in [-0.05, 0) is 30.7 Å². The zero-order valence-electron chi connectivity index (χ0n) is 11.8. The molecule has 0 aromatic carbocycles. The molecule has 0 saturated heterocycles. The van der Waals surface area contributed by atoms with E-state index in [1.54, 1.807) is 17.7 Å². The Hall–Kier alpha value is -1.40. The average Bonchev–Trinajstić information content (AvgIpc) is 2.76.